The van der Waals surface area contributed by atoms with Gasteiger partial charge < -0.3 is 11.1 Å². The zero-order chi connectivity index (χ0) is 20.3. The molecule has 0 atom stereocenters. The van der Waals surface area contributed by atoms with Crippen LogP contribution >= 0.6 is 36.4 Å². The molecule has 31 heavy (non-hydrogen) atoms. The SMILES string of the molecule is Cl.Cl.NCCCCCCCCNc1nc(C=Cc2ccc(Cl)cc2)nc2ccccc12. The van der Waals surface area contributed by atoms with Crippen LogP contribution in [0.15, 0.2) is 48.5 Å². The first kappa shape index (κ1) is 27.2. The molecule has 1 aromatic heterocycles. The molecule has 0 unspecified atom stereocenters. The molecule has 0 bridgehead atoms. The number of rotatable bonds is 11. The Bertz CT molecular complexity index is 930. The maximum absolute atomic E-state index is 5.96. The average Bonchev–Trinajstić information content (AvgIpc) is 2.75. The number of aromatic nitrogens is 2. The Labute approximate surface area is 202 Å². The van der Waals surface area contributed by atoms with E-state index in [0.717, 1.165) is 53.2 Å². The number of halogens is 3. The number of anilines is 1. The highest BCUT2D eigenvalue weighted by Gasteiger charge is 2.05. The van der Waals surface area contributed by atoms with Gasteiger partial charge in [-0.2, -0.15) is 0 Å². The zero-order valence-electron chi connectivity index (χ0n) is 17.6. The Balaban J connectivity index is 0.00000240. The number of para-hydroxylation sites is 1. The summed E-state index contributed by atoms with van der Waals surface area (Å²) in [4.78, 5) is 9.42. The average molecular weight is 482 g/mol. The van der Waals surface area contributed by atoms with Crippen molar-refractivity contribution in [1.29, 1.82) is 0 Å². The van der Waals surface area contributed by atoms with Gasteiger partial charge in [-0.05, 0) is 55.3 Å². The molecule has 1 heterocycles. The second-order valence-corrected chi connectivity index (χ2v) is 7.61. The molecular weight excluding hydrogens is 451 g/mol. The van der Waals surface area contributed by atoms with Crippen molar-refractivity contribution in [3.63, 3.8) is 0 Å². The van der Waals surface area contributed by atoms with E-state index in [0.29, 0.717) is 5.82 Å². The molecule has 7 heteroatoms. The summed E-state index contributed by atoms with van der Waals surface area (Å²) in [6.07, 6.45) is 11.2. The van der Waals surface area contributed by atoms with Crippen LogP contribution < -0.4 is 11.1 Å². The van der Waals surface area contributed by atoms with Gasteiger partial charge in [0.2, 0.25) is 0 Å². The van der Waals surface area contributed by atoms with Gasteiger partial charge in [0.15, 0.2) is 5.82 Å². The Morgan fingerprint density at radius 1 is 0.806 bits per heavy atom. The van der Waals surface area contributed by atoms with Crippen LogP contribution in [0.5, 0.6) is 0 Å². The van der Waals surface area contributed by atoms with E-state index < -0.39 is 0 Å². The summed E-state index contributed by atoms with van der Waals surface area (Å²) in [5.41, 5.74) is 7.55. The summed E-state index contributed by atoms with van der Waals surface area (Å²) < 4.78 is 0. The Morgan fingerprint density at radius 2 is 1.48 bits per heavy atom. The van der Waals surface area contributed by atoms with Crippen molar-refractivity contribution in [1.82, 2.24) is 9.97 Å². The number of hydrogen-bond donors (Lipinski definition) is 2. The van der Waals surface area contributed by atoms with Crippen molar-refractivity contribution >= 4 is 65.3 Å². The lowest BCUT2D eigenvalue weighted by Gasteiger charge is -2.10. The molecule has 2 aromatic carbocycles. The molecule has 0 amide bonds. The quantitative estimate of drug-likeness (QED) is 0.289. The molecule has 0 aliphatic carbocycles. The van der Waals surface area contributed by atoms with Gasteiger partial charge in [0.1, 0.15) is 5.82 Å². The van der Waals surface area contributed by atoms with Gasteiger partial charge >= 0.3 is 0 Å². The van der Waals surface area contributed by atoms with Crippen LogP contribution in [-0.2, 0) is 0 Å². The van der Waals surface area contributed by atoms with Crippen LogP contribution in [0, 0.1) is 0 Å². The van der Waals surface area contributed by atoms with Crippen LogP contribution in [0.1, 0.15) is 49.9 Å². The normalized spacial score (nSPS) is 10.6. The van der Waals surface area contributed by atoms with E-state index in [1.54, 1.807) is 0 Å². The fourth-order valence-corrected chi connectivity index (χ4v) is 3.36. The molecule has 3 aromatic rings. The van der Waals surface area contributed by atoms with E-state index in [1.165, 1.54) is 25.7 Å². The molecule has 0 aliphatic heterocycles. The van der Waals surface area contributed by atoms with E-state index in [1.807, 2.05) is 54.6 Å². The molecule has 0 saturated heterocycles. The van der Waals surface area contributed by atoms with E-state index >= 15 is 0 Å². The minimum absolute atomic E-state index is 0. The molecule has 0 aliphatic rings. The summed E-state index contributed by atoms with van der Waals surface area (Å²) in [5, 5.41) is 5.30. The van der Waals surface area contributed by atoms with Crippen LogP contribution in [-0.4, -0.2) is 23.1 Å². The zero-order valence-corrected chi connectivity index (χ0v) is 20.0. The first-order chi connectivity index (χ1) is 14.3. The fraction of sp³-hybridized carbons (Fsp3) is 0.333. The minimum atomic E-state index is 0. The topological polar surface area (TPSA) is 63.8 Å². The second-order valence-electron chi connectivity index (χ2n) is 7.17. The molecule has 0 radical (unpaired) electrons. The van der Waals surface area contributed by atoms with Crippen molar-refractivity contribution in [3.05, 3.63) is 64.9 Å². The van der Waals surface area contributed by atoms with Gasteiger partial charge in [-0.3, -0.25) is 0 Å². The lowest BCUT2D eigenvalue weighted by atomic mass is 10.1. The van der Waals surface area contributed by atoms with Crippen molar-refractivity contribution in [2.45, 2.75) is 38.5 Å². The first-order valence-electron chi connectivity index (χ1n) is 10.4. The molecule has 0 fully saturated rings. The first-order valence-corrected chi connectivity index (χ1v) is 10.8. The monoisotopic (exact) mass is 480 g/mol. The largest absolute Gasteiger partial charge is 0.369 e. The van der Waals surface area contributed by atoms with E-state index in [4.69, 9.17) is 22.3 Å². The molecule has 3 rings (SSSR count). The standard InChI is InChI=1S/C24H29ClN4.2ClH/c25-20-14-11-19(12-15-20)13-16-23-28-22-10-6-5-9-21(22)24(29-23)27-18-8-4-2-1-3-7-17-26;;/h5-6,9-16H,1-4,7-8,17-18,26H2,(H,27,28,29);2*1H. The van der Waals surface area contributed by atoms with Crippen molar-refractivity contribution < 1.29 is 0 Å². The highest BCUT2D eigenvalue weighted by Crippen LogP contribution is 2.21. The number of fused-ring (bicyclic) bond motifs is 1. The third-order valence-electron chi connectivity index (χ3n) is 4.84. The molecule has 168 valence electrons. The van der Waals surface area contributed by atoms with Crippen LogP contribution in [0.4, 0.5) is 5.82 Å². The van der Waals surface area contributed by atoms with Crippen molar-refractivity contribution in [2.24, 2.45) is 5.73 Å². The summed E-state index contributed by atoms with van der Waals surface area (Å²) >= 11 is 5.96. The van der Waals surface area contributed by atoms with E-state index in [2.05, 4.69) is 16.4 Å². The van der Waals surface area contributed by atoms with Gasteiger partial charge in [0.25, 0.3) is 0 Å². The number of nitrogens with zero attached hydrogens (tertiary/aromatic N) is 2. The molecular formula is C24H31Cl3N4. The van der Waals surface area contributed by atoms with Crippen molar-refractivity contribution in [3.8, 4) is 0 Å². The van der Waals surface area contributed by atoms with Crippen LogP contribution in [0.3, 0.4) is 0 Å². The lowest BCUT2D eigenvalue weighted by molar-refractivity contribution is 0.605. The van der Waals surface area contributed by atoms with Gasteiger partial charge in [-0.25, -0.2) is 9.97 Å². The Hall–Kier alpha value is -1.85. The maximum atomic E-state index is 5.96. The third-order valence-corrected chi connectivity index (χ3v) is 5.09. The summed E-state index contributed by atoms with van der Waals surface area (Å²) in [5.74, 6) is 1.59. The maximum Gasteiger partial charge on any atom is 0.154 e. The molecule has 3 N–H and O–H groups in total. The predicted molar refractivity (Wildman–Crippen MR) is 140 cm³/mol. The minimum Gasteiger partial charge on any atom is -0.369 e. The van der Waals surface area contributed by atoms with Gasteiger partial charge in [0, 0.05) is 17.0 Å². The van der Waals surface area contributed by atoms with Gasteiger partial charge in [-0.1, -0.05) is 67.6 Å². The van der Waals surface area contributed by atoms with Crippen molar-refractivity contribution in [2.75, 3.05) is 18.4 Å². The number of nitrogens with two attached hydrogens (primary N) is 1. The highest BCUT2D eigenvalue weighted by atomic mass is 35.5. The molecule has 0 saturated carbocycles. The van der Waals surface area contributed by atoms with Gasteiger partial charge in [0.05, 0.1) is 5.52 Å². The highest BCUT2D eigenvalue weighted by molar-refractivity contribution is 6.30. The Kier molecular flexibility index (Phi) is 13.2. The van der Waals surface area contributed by atoms with Crippen LogP contribution in [0.2, 0.25) is 5.02 Å². The van der Waals surface area contributed by atoms with Crippen LogP contribution in [0.25, 0.3) is 23.1 Å². The lowest BCUT2D eigenvalue weighted by Crippen LogP contribution is -2.06. The molecule has 0 spiro atoms. The van der Waals surface area contributed by atoms with E-state index in [9.17, 15) is 0 Å². The van der Waals surface area contributed by atoms with E-state index in [-0.39, 0.29) is 24.8 Å². The number of hydrogen-bond acceptors (Lipinski definition) is 4. The smallest absolute Gasteiger partial charge is 0.154 e. The fourth-order valence-electron chi connectivity index (χ4n) is 3.23. The molecule has 4 nitrogen and oxygen atoms in total. The van der Waals surface area contributed by atoms with Gasteiger partial charge in [-0.15, -0.1) is 24.8 Å². The second kappa shape index (κ2) is 15.0. The summed E-state index contributed by atoms with van der Waals surface area (Å²) in [7, 11) is 0. The summed E-state index contributed by atoms with van der Waals surface area (Å²) in [6.45, 7) is 1.72. The number of unbranched alkanes of at least 4 members (excludes halogenated alkanes) is 5. The summed E-state index contributed by atoms with van der Waals surface area (Å²) in [6, 6.07) is 15.8. The Morgan fingerprint density at radius 3 is 2.23 bits per heavy atom. The predicted octanol–water partition coefficient (Wildman–Crippen LogP) is 7.01. The number of benzene rings is 2. The third kappa shape index (κ3) is 9.04. The number of nitrogens with one attached hydrogen (secondary N) is 1.